The van der Waals surface area contributed by atoms with Gasteiger partial charge in [-0.3, -0.25) is 14.4 Å². The maximum atomic E-state index is 12.5. The molecule has 1 fully saturated rings. The van der Waals surface area contributed by atoms with Crippen molar-refractivity contribution < 1.29 is 28.7 Å². The molecule has 3 aromatic carbocycles. The van der Waals surface area contributed by atoms with Gasteiger partial charge in [0.25, 0.3) is 5.91 Å². The first-order chi connectivity index (χ1) is 16.8. The minimum atomic E-state index is -0.682. The summed E-state index contributed by atoms with van der Waals surface area (Å²) in [6.07, 6.45) is -0.246. The summed E-state index contributed by atoms with van der Waals surface area (Å²) in [5, 5.41) is 4.64. The maximum Gasteiger partial charge on any atom is 0.338 e. The molecule has 0 aromatic heterocycles. The van der Waals surface area contributed by atoms with Crippen molar-refractivity contribution in [2.75, 3.05) is 23.4 Å². The van der Waals surface area contributed by atoms with Gasteiger partial charge in [-0.15, -0.1) is 0 Å². The van der Waals surface area contributed by atoms with Crippen LogP contribution in [-0.2, 0) is 23.9 Å². The van der Waals surface area contributed by atoms with E-state index in [9.17, 15) is 19.2 Å². The van der Waals surface area contributed by atoms with E-state index in [1.54, 1.807) is 44.2 Å². The summed E-state index contributed by atoms with van der Waals surface area (Å²) < 4.78 is 10.4. The smallest absolute Gasteiger partial charge is 0.338 e. The predicted molar refractivity (Wildman–Crippen MR) is 131 cm³/mol. The molecule has 1 heterocycles. The van der Waals surface area contributed by atoms with Gasteiger partial charge in [-0.2, -0.15) is 0 Å². The van der Waals surface area contributed by atoms with E-state index >= 15 is 0 Å². The van der Waals surface area contributed by atoms with E-state index in [4.69, 9.17) is 9.47 Å². The van der Waals surface area contributed by atoms with Crippen LogP contribution in [0.1, 0.15) is 30.6 Å². The molecule has 8 nitrogen and oxygen atoms in total. The van der Waals surface area contributed by atoms with Gasteiger partial charge in [0.15, 0.2) is 6.61 Å². The van der Waals surface area contributed by atoms with Gasteiger partial charge in [-0.1, -0.05) is 36.4 Å². The Hall–Kier alpha value is -4.20. The number of esters is 2. The third kappa shape index (κ3) is 5.66. The molecule has 180 valence electrons. The molecule has 0 spiro atoms. The van der Waals surface area contributed by atoms with Gasteiger partial charge in [0.05, 0.1) is 17.6 Å². The first kappa shape index (κ1) is 23.9. The topological polar surface area (TPSA) is 102 Å². The molecule has 8 heteroatoms. The summed E-state index contributed by atoms with van der Waals surface area (Å²) in [5.74, 6) is -2.42. The number of fused-ring (bicyclic) bond motifs is 1. The Morgan fingerprint density at radius 2 is 1.71 bits per heavy atom. The number of anilines is 2. The highest BCUT2D eigenvalue weighted by molar-refractivity contribution is 6.03. The lowest BCUT2D eigenvalue weighted by Crippen LogP contribution is -2.28. The van der Waals surface area contributed by atoms with Crippen LogP contribution in [0.5, 0.6) is 0 Å². The average molecular weight is 475 g/mol. The van der Waals surface area contributed by atoms with Gasteiger partial charge in [-0.05, 0) is 49.6 Å². The highest BCUT2D eigenvalue weighted by Crippen LogP contribution is 2.27. The van der Waals surface area contributed by atoms with Crippen molar-refractivity contribution in [3.63, 3.8) is 0 Å². The normalized spacial score (nSPS) is 15.3. The SMILES string of the molecule is CC(C)OC(=O)c1ccc(N2C[C@H](C(=O)OCC(=O)Nc3cccc4ccccc34)CC2=O)cc1. The van der Waals surface area contributed by atoms with Crippen LogP contribution < -0.4 is 10.2 Å². The Morgan fingerprint density at radius 3 is 2.46 bits per heavy atom. The van der Waals surface area contributed by atoms with Gasteiger partial charge in [0.2, 0.25) is 5.91 Å². The Labute approximate surface area is 202 Å². The minimum absolute atomic E-state index is 0.0130. The summed E-state index contributed by atoms with van der Waals surface area (Å²) in [6.45, 7) is 3.22. The fraction of sp³-hybridized carbons (Fsp3) is 0.259. The quantitative estimate of drug-likeness (QED) is 0.521. The lowest BCUT2D eigenvalue weighted by atomic mass is 10.1. The number of carbonyl (C=O) groups is 4. The number of rotatable bonds is 7. The number of benzene rings is 3. The average Bonchev–Trinajstić information content (AvgIpc) is 3.24. The summed E-state index contributed by atoms with van der Waals surface area (Å²) in [4.78, 5) is 50.9. The van der Waals surface area contributed by atoms with Gasteiger partial charge >= 0.3 is 11.9 Å². The van der Waals surface area contributed by atoms with E-state index in [2.05, 4.69) is 5.32 Å². The molecule has 1 atom stereocenters. The predicted octanol–water partition coefficient (Wildman–Crippen LogP) is 3.94. The fourth-order valence-corrected chi connectivity index (χ4v) is 3.95. The van der Waals surface area contributed by atoms with Gasteiger partial charge < -0.3 is 19.7 Å². The number of carbonyl (C=O) groups excluding carboxylic acids is 4. The molecule has 4 rings (SSSR count). The van der Waals surface area contributed by atoms with Gasteiger partial charge in [-0.25, -0.2) is 4.79 Å². The second-order valence-corrected chi connectivity index (χ2v) is 8.59. The number of nitrogens with one attached hydrogen (secondary N) is 1. The van der Waals surface area contributed by atoms with Crippen LogP contribution in [0.2, 0.25) is 0 Å². The minimum Gasteiger partial charge on any atom is -0.459 e. The Morgan fingerprint density at radius 1 is 1.00 bits per heavy atom. The molecule has 0 unspecified atom stereocenters. The van der Waals surface area contributed by atoms with E-state index in [1.807, 2.05) is 36.4 Å². The standard InChI is InChI=1S/C27H26N2O6/c1-17(2)35-27(33)19-10-12-21(13-11-19)29-15-20(14-25(29)31)26(32)34-16-24(30)28-23-9-5-7-18-6-3-4-8-22(18)23/h3-13,17,20H,14-16H2,1-2H3,(H,28,30)/t20-/m1/s1. The van der Waals surface area contributed by atoms with E-state index in [-0.39, 0.29) is 25.0 Å². The molecule has 35 heavy (non-hydrogen) atoms. The van der Waals surface area contributed by atoms with Crippen molar-refractivity contribution in [1.82, 2.24) is 0 Å². The summed E-state index contributed by atoms with van der Waals surface area (Å²) in [7, 11) is 0. The first-order valence-electron chi connectivity index (χ1n) is 11.4. The Bertz CT molecular complexity index is 1260. The number of nitrogens with zero attached hydrogens (tertiary/aromatic N) is 1. The van der Waals surface area contributed by atoms with Crippen LogP contribution in [0.25, 0.3) is 10.8 Å². The molecule has 0 aliphatic carbocycles. The van der Waals surface area contributed by atoms with Crippen molar-refractivity contribution in [3.8, 4) is 0 Å². The molecule has 1 aliphatic heterocycles. The molecule has 3 aromatic rings. The third-order valence-electron chi connectivity index (χ3n) is 5.63. The lowest BCUT2D eigenvalue weighted by Gasteiger charge is -2.17. The maximum absolute atomic E-state index is 12.5. The fourth-order valence-electron chi connectivity index (χ4n) is 3.95. The van der Waals surface area contributed by atoms with Crippen molar-refractivity contribution in [2.24, 2.45) is 5.92 Å². The first-order valence-corrected chi connectivity index (χ1v) is 11.4. The summed E-state index contributed by atoms with van der Waals surface area (Å²) in [5.41, 5.74) is 1.58. The second-order valence-electron chi connectivity index (χ2n) is 8.59. The van der Waals surface area contributed by atoms with Crippen LogP contribution in [0.15, 0.2) is 66.7 Å². The van der Waals surface area contributed by atoms with Crippen LogP contribution in [0, 0.1) is 5.92 Å². The zero-order valence-corrected chi connectivity index (χ0v) is 19.5. The van der Waals surface area contributed by atoms with Gasteiger partial charge in [0, 0.05) is 29.7 Å². The number of hydrogen-bond acceptors (Lipinski definition) is 6. The van der Waals surface area contributed by atoms with Crippen LogP contribution in [-0.4, -0.2) is 43.0 Å². The molecule has 0 bridgehead atoms. The van der Waals surface area contributed by atoms with E-state index in [0.29, 0.717) is 16.9 Å². The van der Waals surface area contributed by atoms with Crippen molar-refractivity contribution in [3.05, 3.63) is 72.3 Å². The molecule has 1 saturated heterocycles. The molecular weight excluding hydrogens is 448 g/mol. The Kier molecular flexibility index (Phi) is 7.10. The van der Waals surface area contributed by atoms with E-state index in [0.717, 1.165) is 10.8 Å². The van der Waals surface area contributed by atoms with Crippen molar-refractivity contribution in [1.29, 1.82) is 0 Å². The molecule has 1 N–H and O–H groups in total. The molecule has 0 radical (unpaired) electrons. The van der Waals surface area contributed by atoms with E-state index in [1.165, 1.54) is 4.90 Å². The van der Waals surface area contributed by atoms with E-state index < -0.39 is 30.4 Å². The van der Waals surface area contributed by atoms with Crippen LogP contribution in [0.3, 0.4) is 0 Å². The number of hydrogen-bond donors (Lipinski definition) is 1. The molecule has 2 amide bonds. The zero-order chi connectivity index (χ0) is 24.9. The summed E-state index contributed by atoms with van der Waals surface area (Å²) in [6, 6.07) is 19.6. The Balaban J connectivity index is 1.31. The highest BCUT2D eigenvalue weighted by Gasteiger charge is 2.36. The lowest BCUT2D eigenvalue weighted by molar-refractivity contribution is -0.151. The molecule has 0 saturated carbocycles. The van der Waals surface area contributed by atoms with Crippen LogP contribution >= 0.6 is 0 Å². The largest absolute Gasteiger partial charge is 0.459 e. The van der Waals surface area contributed by atoms with Crippen molar-refractivity contribution in [2.45, 2.75) is 26.4 Å². The van der Waals surface area contributed by atoms with Crippen molar-refractivity contribution >= 4 is 45.9 Å². The molecular formula is C27H26N2O6. The molecule has 1 aliphatic rings. The highest BCUT2D eigenvalue weighted by atomic mass is 16.5. The third-order valence-corrected chi connectivity index (χ3v) is 5.63. The number of ether oxygens (including phenoxy) is 2. The summed E-state index contributed by atoms with van der Waals surface area (Å²) >= 11 is 0. The number of amides is 2. The van der Waals surface area contributed by atoms with Gasteiger partial charge in [0.1, 0.15) is 0 Å². The van der Waals surface area contributed by atoms with Crippen LogP contribution in [0.4, 0.5) is 11.4 Å². The second kappa shape index (κ2) is 10.4. The zero-order valence-electron chi connectivity index (χ0n) is 19.5. The monoisotopic (exact) mass is 474 g/mol.